The van der Waals surface area contributed by atoms with Gasteiger partial charge in [-0.1, -0.05) is 37.3 Å². The van der Waals surface area contributed by atoms with Crippen molar-refractivity contribution in [2.45, 2.75) is 24.3 Å². The van der Waals surface area contributed by atoms with Gasteiger partial charge in [-0.2, -0.15) is 0 Å². The van der Waals surface area contributed by atoms with Gasteiger partial charge in [-0.15, -0.1) is 11.3 Å². The summed E-state index contributed by atoms with van der Waals surface area (Å²) < 4.78 is 22.6. The molecule has 0 aliphatic carbocycles. The second-order valence-corrected chi connectivity index (χ2v) is 8.83. The van der Waals surface area contributed by atoms with Gasteiger partial charge in [0, 0.05) is 10.9 Å². The summed E-state index contributed by atoms with van der Waals surface area (Å²) in [6.07, 6.45) is 0.720. The van der Waals surface area contributed by atoms with Crippen molar-refractivity contribution >= 4 is 38.3 Å². The highest BCUT2D eigenvalue weighted by atomic mass is 32.2. The number of rotatable bonds is 7. The molecule has 2 aromatic carbocycles. The Morgan fingerprint density at radius 3 is 2.33 bits per heavy atom. The lowest BCUT2D eigenvalue weighted by Gasteiger charge is -2.16. The van der Waals surface area contributed by atoms with Crippen molar-refractivity contribution in [3.63, 3.8) is 0 Å². The zero-order valence-electron chi connectivity index (χ0n) is 16.0. The molecule has 0 aliphatic heterocycles. The zero-order chi connectivity index (χ0) is 21.7. The summed E-state index contributed by atoms with van der Waals surface area (Å²) in [6.45, 7) is 1.98. The number of anilines is 1. The second kappa shape index (κ2) is 9.16. The number of carbonyl (C=O) groups excluding carboxylic acids is 2. The summed E-state index contributed by atoms with van der Waals surface area (Å²) in [5.74, 6) is -0.812. The van der Waals surface area contributed by atoms with Gasteiger partial charge in [-0.3, -0.25) is 14.9 Å². The Morgan fingerprint density at radius 2 is 1.73 bits per heavy atom. The van der Waals surface area contributed by atoms with Gasteiger partial charge >= 0.3 is 0 Å². The molecule has 156 valence electrons. The Bertz CT molecular complexity index is 1140. The molecule has 1 heterocycles. The third-order valence-corrected chi connectivity index (χ3v) is 6.00. The van der Waals surface area contributed by atoms with E-state index in [0.717, 1.165) is 23.3 Å². The number of aromatic nitrogens is 1. The molecule has 1 unspecified atom stereocenters. The normalized spacial score (nSPS) is 12.2. The van der Waals surface area contributed by atoms with Gasteiger partial charge in [0.05, 0.1) is 10.9 Å². The maximum absolute atomic E-state index is 12.5. The molecule has 3 aromatic rings. The molecule has 0 fully saturated rings. The van der Waals surface area contributed by atoms with Crippen LogP contribution in [0.3, 0.4) is 0 Å². The quantitative estimate of drug-likeness (QED) is 0.516. The Hall–Kier alpha value is -3.08. The standard InChI is InChI=1S/C20H20N4O4S2/c1-2-16(13-6-4-3-5-7-13)22-19(26)17-12-29-20(23-17)24-18(25)14-8-10-15(11-9-14)30(21,27)28/h3-12,16H,2H2,1H3,(H,22,26)(H2,21,27,28)(H,23,24,25). The van der Waals surface area contributed by atoms with Crippen LogP contribution in [0, 0.1) is 0 Å². The highest BCUT2D eigenvalue weighted by Gasteiger charge is 2.18. The van der Waals surface area contributed by atoms with Gasteiger partial charge in [0.25, 0.3) is 11.8 Å². The number of nitrogens with zero attached hydrogens (tertiary/aromatic N) is 1. The van der Waals surface area contributed by atoms with Crippen LogP contribution in [0.2, 0.25) is 0 Å². The van der Waals surface area contributed by atoms with Crippen molar-refractivity contribution in [2.75, 3.05) is 5.32 Å². The number of thiazole rings is 1. The fourth-order valence-corrected chi connectivity index (χ4v) is 3.94. The minimum Gasteiger partial charge on any atom is -0.344 e. The molecule has 4 N–H and O–H groups in total. The van der Waals surface area contributed by atoms with E-state index in [-0.39, 0.29) is 33.2 Å². The van der Waals surface area contributed by atoms with Gasteiger partial charge in [0.1, 0.15) is 5.69 Å². The summed E-state index contributed by atoms with van der Waals surface area (Å²) >= 11 is 1.12. The van der Waals surface area contributed by atoms with Crippen molar-refractivity contribution in [2.24, 2.45) is 5.14 Å². The maximum Gasteiger partial charge on any atom is 0.271 e. The van der Waals surface area contributed by atoms with Crippen LogP contribution < -0.4 is 15.8 Å². The second-order valence-electron chi connectivity index (χ2n) is 6.41. The highest BCUT2D eigenvalue weighted by molar-refractivity contribution is 7.89. The minimum absolute atomic E-state index is 0.0869. The number of nitrogens with two attached hydrogens (primary N) is 1. The third kappa shape index (κ3) is 5.29. The Kier molecular flexibility index (Phi) is 6.60. The van der Waals surface area contributed by atoms with Crippen LogP contribution in [0.4, 0.5) is 5.13 Å². The lowest BCUT2D eigenvalue weighted by molar-refractivity contribution is 0.0930. The number of hydrogen-bond donors (Lipinski definition) is 3. The number of amides is 2. The van der Waals surface area contributed by atoms with E-state index in [1.54, 1.807) is 5.38 Å². The lowest BCUT2D eigenvalue weighted by Crippen LogP contribution is -2.28. The maximum atomic E-state index is 12.5. The molecule has 10 heteroatoms. The van der Waals surface area contributed by atoms with E-state index in [4.69, 9.17) is 5.14 Å². The fourth-order valence-electron chi connectivity index (χ4n) is 2.74. The summed E-state index contributed by atoms with van der Waals surface area (Å²) in [6, 6.07) is 14.7. The smallest absolute Gasteiger partial charge is 0.271 e. The predicted molar refractivity (Wildman–Crippen MR) is 115 cm³/mol. The first-order valence-electron chi connectivity index (χ1n) is 9.03. The van der Waals surface area contributed by atoms with E-state index >= 15 is 0 Å². The highest BCUT2D eigenvalue weighted by Crippen LogP contribution is 2.20. The molecule has 0 spiro atoms. The average molecular weight is 445 g/mol. The van der Waals surface area contributed by atoms with Crippen molar-refractivity contribution in [1.82, 2.24) is 10.3 Å². The first-order chi connectivity index (χ1) is 14.3. The van der Waals surface area contributed by atoms with Crippen LogP contribution >= 0.6 is 11.3 Å². The first-order valence-corrected chi connectivity index (χ1v) is 11.5. The van der Waals surface area contributed by atoms with Crippen LogP contribution in [0.25, 0.3) is 0 Å². The zero-order valence-corrected chi connectivity index (χ0v) is 17.7. The van der Waals surface area contributed by atoms with Crippen molar-refractivity contribution in [1.29, 1.82) is 0 Å². The third-order valence-electron chi connectivity index (χ3n) is 4.32. The number of benzene rings is 2. The molecular weight excluding hydrogens is 424 g/mol. The van der Waals surface area contributed by atoms with Gasteiger partial charge in [-0.25, -0.2) is 18.5 Å². The Balaban J connectivity index is 1.65. The number of nitrogens with one attached hydrogen (secondary N) is 2. The predicted octanol–water partition coefficient (Wildman–Crippen LogP) is 2.92. The van der Waals surface area contributed by atoms with Crippen LogP contribution in [-0.2, 0) is 10.0 Å². The number of carbonyl (C=O) groups is 2. The van der Waals surface area contributed by atoms with Gasteiger partial charge in [0.15, 0.2) is 5.13 Å². The molecule has 30 heavy (non-hydrogen) atoms. The number of hydrogen-bond acceptors (Lipinski definition) is 6. The summed E-state index contributed by atoms with van der Waals surface area (Å²) in [4.78, 5) is 29.0. The van der Waals surface area contributed by atoms with E-state index in [9.17, 15) is 18.0 Å². The molecule has 0 bridgehead atoms. The average Bonchev–Trinajstić information content (AvgIpc) is 3.20. The van der Waals surface area contributed by atoms with E-state index in [1.165, 1.54) is 24.3 Å². The first kappa shape index (κ1) is 21.6. The SMILES string of the molecule is CCC(NC(=O)c1csc(NC(=O)c2ccc(S(N)(=O)=O)cc2)n1)c1ccccc1. The number of sulfonamides is 1. The molecular formula is C20H20N4O4S2. The van der Waals surface area contributed by atoms with Gasteiger partial charge in [-0.05, 0) is 36.2 Å². The molecule has 2 amide bonds. The van der Waals surface area contributed by atoms with Crippen molar-refractivity contribution in [3.8, 4) is 0 Å². The largest absolute Gasteiger partial charge is 0.344 e. The topological polar surface area (TPSA) is 131 Å². The Labute approximate surface area is 178 Å². The molecule has 1 aromatic heterocycles. The lowest BCUT2D eigenvalue weighted by atomic mass is 10.0. The van der Waals surface area contributed by atoms with E-state index in [1.807, 2.05) is 37.3 Å². The molecule has 8 nitrogen and oxygen atoms in total. The van der Waals surface area contributed by atoms with Crippen molar-refractivity contribution < 1.29 is 18.0 Å². The van der Waals surface area contributed by atoms with Crippen LogP contribution in [0.15, 0.2) is 64.9 Å². The van der Waals surface area contributed by atoms with Gasteiger partial charge < -0.3 is 5.32 Å². The molecule has 0 saturated heterocycles. The summed E-state index contributed by atoms with van der Waals surface area (Å²) in [5, 5.41) is 12.4. The summed E-state index contributed by atoms with van der Waals surface area (Å²) in [7, 11) is -3.83. The van der Waals surface area contributed by atoms with Crippen LogP contribution in [0.1, 0.15) is 45.8 Å². The van der Waals surface area contributed by atoms with E-state index in [0.29, 0.717) is 0 Å². The number of primary sulfonamides is 1. The van der Waals surface area contributed by atoms with Gasteiger partial charge in [0.2, 0.25) is 10.0 Å². The van der Waals surface area contributed by atoms with E-state index in [2.05, 4.69) is 15.6 Å². The Morgan fingerprint density at radius 1 is 1.07 bits per heavy atom. The van der Waals surface area contributed by atoms with Crippen molar-refractivity contribution in [3.05, 3.63) is 76.8 Å². The van der Waals surface area contributed by atoms with Crippen LogP contribution in [0.5, 0.6) is 0 Å². The summed E-state index contributed by atoms with van der Waals surface area (Å²) in [5.41, 5.74) is 1.44. The molecule has 3 rings (SSSR count). The fraction of sp³-hybridized carbons (Fsp3) is 0.150. The van der Waals surface area contributed by atoms with E-state index < -0.39 is 15.9 Å². The molecule has 0 radical (unpaired) electrons. The van der Waals surface area contributed by atoms with Crippen LogP contribution in [-0.4, -0.2) is 25.2 Å². The minimum atomic E-state index is -3.83. The molecule has 0 aliphatic rings. The molecule has 1 atom stereocenters. The monoisotopic (exact) mass is 444 g/mol. The molecule has 0 saturated carbocycles.